The van der Waals surface area contributed by atoms with Crippen molar-refractivity contribution in [2.75, 3.05) is 21.3 Å². The number of imide groups is 1. The van der Waals surface area contributed by atoms with Crippen LogP contribution in [0.15, 0.2) is 18.2 Å². The lowest BCUT2D eigenvalue weighted by Gasteiger charge is -2.31. The predicted octanol–water partition coefficient (Wildman–Crippen LogP) is 0.484. The first kappa shape index (κ1) is 19.9. The molecule has 1 aromatic carbocycles. The Kier molecular flexibility index (Phi) is 4.97. The van der Waals surface area contributed by atoms with Crippen LogP contribution in [0.3, 0.4) is 0 Å². The SMILES string of the molecule is COC(=O)C[C@@]1(C(=O)OC)N[C@H](c2ccc(C)cc2F)[C@@H]2C(=O)N(C)C(=O)[C@@H]21. The van der Waals surface area contributed by atoms with Crippen molar-refractivity contribution in [1.29, 1.82) is 0 Å². The van der Waals surface area contributed by atoms with Crippen LogP contribution in [0.1, 0.15) is 23.6 Å². The molecule has 2 fully saturated rings. The maximum Gasteiger partial charge on any atom is 0.327 e. The number of halogens is 1. The number of amides is 2. The number of carbonyl (C=O) groups excluding carboxylic acids is 4. The zero-order valence-electron chi connectivity index (χ0n) is 15.9. The minimum Gasteiger partial charge on any atom is -0.469 e. The van der Waals surface area contributed by atoms with Crippen LogP contribution in [0.5, 0.6) is 0 Å². The third kappa shape index (κ3) is 2.77. The molecule has 4 atom stereocenters. The zero-order valence-corrected chi connectivity index (χ0v) is 15.9. The number of methoxy groups -OCH3 is 2. The molecule has 0 radical (unpaired) electrons. The average molecular weight is 392 g/mol. The number of rotatable bonds is 4. The first-order chi connectivity index (χ1) is 13.2. The number of aryl methyl sites for hydroxylation is 1. The summed E-state index contributed by atoms with van der Waals surface area (Å²) in [5.41, 5.74) is -1.03. The predicted molar refractivity (Wildman–Crippen MR) is 93.2 cm³/mol. The number of ether oxygens (including phenoxy) is 2. The molecule has 2 aliphatic rings. The smallest absolute Gasteiger partial charge is 0.327 e. The molecule has 2 saturated heterocycles. The molecule has 0 spiro atoms. The summed E-state index contributed by atoms with van der Waals surface area (Å²) in [7, 11) is 3.55. The fourth-order valence-corrected chi connectivity index (χ4v) is 4.20. The lowest BCUT2D eigenvalue weighted by Crippen LogP contribution is -2.57. The summed E-state index contributed by atoms with van der Waals surface area (Å²) >= 11 is 0. The van der Waals surface area contributed by atoms with Crippen molar-refractivity contribution in [1.82, 2.24) is 10.2 Å². The largest absolute Gasteiger partial charge is 0.469 e. The Morgan fingerprint density at radius 1 is 1.21 bits per heavy atom. The van der Waals surface area contributed by atoms with Crippen LogP contribution in [-0.4, -0.2) is 55.5 Å². The normalized spacial score (nSPS) is 29.0. The second-order valence-corrected chi connectivity index (χ2v) is 7.10. The van der Waals surface area contributed by atoms with Crippen molar-refractivity contribution in [3.05, 3.63) is 35.1 Å². The fourth-order valence-electron chi connectivity index (χ4n) is 4.20. The number of benzene rings is 1. The Balaban J connectivity index is 2.19. The number of esters is 2. The van der Waals surface area contributed by atoms with Gasteiger partial charge in [0.05, 0.1) is 32.5 Å². The van der Waals surface area contributed by atoms with Gasteiger partial charge in [-0.15, -0.1) is 0 Å². The van der Waals surface area contributed by atoms with Gasteiger partial charge in [0.1, 0.15) is 11.4 Å². The highest BCUT2D eigenvalue weighted by molar-refractivity contribution is 6.10. The molecule has 3 rings (SSSR count). The standard InChI is InChI=1S/C19H21FN2O6/c1-9-5-6-10(11(20)7-9)15-13-14(17(25)22(2)16(13)24)19(21-15,18(26)28-4)8-12(23)27-3/h5-7,13-15,21H,8H2,1-4H3/t13-,14-,15-,19-/m1/s1. The Morgan fingerprint density at radius 3 is 2.46 bits per heavy atom. The van der Waals surface area contributed by atoms with Crippen molar-refractivity contribution in [2.45, 2.75) is 24.9 Å². The van der Waals surface area contributed by atoms with Gasteiger partial charge < -0.3 is 9.47 Å². The van der Waals surface area contributed by atoms with Gasteiger partial charge >= 0.3 is 11.9 Å². The van der Waals surface area contributed by atoms with Gasteiger partial charge in [-0.25, -0.2) is 4.39 Å². The van der Waals surface area contributed by atoms with Gasteiger partial charge in [-0.05, 0) is 18.6 Å². The molecule has 1 N–H and O–H groups in total. The molecule has 2 aliphatic heterocycles. The monoisotopic (exact) mass is 392 g/mol. The molecule has 150 valence electrons. The van der Waals surface area contributed by atoms with Crippen LogP contribution in [0.2, 0.25) is 0 Å². The van der Waals surface area contributed by atoms with E-state index in [4.69, 9.17) is 4.74 Å². The van der Waals surface area contributed by atoms with Gasteiger partial charge in [0, 0.05) is 18.7 Å². The molecule has 8 nitrogen and oxygen atoms in total. The van der Waals surface area contributed by atoms with E-state index in [1.165, 1.54) is 19.2 Å². The molecule has 9 heteroatoms. The van der Waals surface area contributed by atoms with Gasteiger partial charge in [0.2, 0.25) is 11.8 Å². The maximum atomic E-state index is 14.7. The molecular weight excluding hydrogens is 371 g/mol. The van der Waals surface area contributed by atoms with Gasteiger partial charge in [-0.3, -0.25) is 29.4 Å². The third-order valence-corrected chi connectivity index (χ3v) is 5.57. The van der Waals surface area contributed by atoms with Gasteiger partial charge in [0.25, 0.3) is 0 Å². The fraction of sp³-hybridized carbons (Fsp3) is 0.474. The summed E-state index contributed by atoms with van der Waals surface area (Å²) in [4.78, 5) is 51.3. The molecule has 2 amide bonds. The van der Waals surface area contributed by atoms with Crippen molar-refractivity contribution in [2.24, 2.45) is 11.8 Å². The quantitative estimate of drug-likeness (QED) is 0.588. The van der Waals surface area contributed by atoms with Crippen LogP contribution in [0.25, 0.3) is 0 Å². The third-order valence-electron chi connectivity index (χ3n) is 5.57. The van der Waals surface area contributed by atoms with Crippen LogP contribution >= 0.6 is 0 Å². The highest BCUT2D eigenvalue weighted by atomic mass is 19.1. The van der Waals surface area contributed by atoms with Crippen LogP contribution in [0.4, 0.5) is 4.39 Å². The first-order valence-corrected chi connectivity index (χ1v) is 8.68. The molecule has 2 heterocycles. The summed E-state index contributed by atoms with van der Waals surface area (Å²) in [5.74, 6) is -5.70. The molecule has 1 aromatic rings. The Labute approximate surface area is 161 Å². The Hall–Kier alpha value is -2.81. The van der Waals surface area contributed by atoms with Crippen molar-refractivity contribution >= 4 is 23.8 Å². The number of nitrogens with one attached hydrogen (secondary N) is 1. The van der Waals surface area contributed by atoms with Crippen molar-refractivity contribution in [3.63, 3.8) is 0 Å². The van der Waals surface area contributed by atoms with E-state index in [2.05, 4.69) is 10.1 Å². The van der Waals surface area contributed by atoms with E-state index in [1.54, 1.807) is 13.0 Å². The lowest BCUT2D eigenvalue weighted by molar-refractivity contribution is -0.159. The van der Waals surface area contributed by atoms with Crippen LogP contribution < -0.4 is 5.32 Å². The second-order valence-electron chi connectivity index (χ2n) is 7.10. The van der Waals surface area contributed by atoms with E-state index in [-0.39, 0.29) is 5.56 Å². The molecule has 0 saturated carbocycles. The Morgan fingerprint density at radius 2 is 1.89 bits per heavy atom. The average Bonchev–Trinajstić information content (AvgIpc) is 3.11. The lowest BCUT2D eigenvalue weighted by atomic mass is 9.77. The summed E-state index contributed by atoms with van der Waals surface area (Å²) < 4.78 is 24.2. The van der Waals surface area contributed by atoms with E-state index in [0.717, 1.165) is 19.1 Å². The molecule has 0 aliphatic carbocycles. The summed E-state index contributed by atoms with van der Waals surface area (Å²) in [5, 5.41) is 2.90. The van der Waals surface area contributed by atoms with E-state index < -0.39 is 59.4 Å². The van der Waals surface area contributed by atoms with Gasteiger partial charge in [-0.1, -0.05) is 12.1 Å². The van der Waals surface area contributed by atoms with Crippen molar-refractivity contribution < 1.29 is 33.0 Å². The van der Waals surface area contributed by atoms with Gasteiger partial charge in [-0.2, -0.15) is 0 Å². The van der Waals surface area contributed by atoms with E-state index >= 15 is 0 Å². The zero-order chi connectivity index (χ0) is 20.8. The van der Waals surface area contributed by atoms with Crippen LogP contribution in [0, 0.1) is 24.6 Å². The van der Waals surface area contributed by atoms with Gasteiger partial charge in [0.15, 0.2) is 0 Å². The number of carbonyl (C=O) groups is 4. The first-order valence-electron chi connectivity index (χ1n) is 8.68. The maximum absolute atomic E-state index is 14.7. The summed E-state index contributed by atoms with van der Waals surface area (Å²) in [6.45, 7) is 1.71. The summed E-state index contributed by atoms with van der Waals surface area (Å²) in [6.07, 6.45) is -0.534. The number of nitrogens with zero attached hydrogens (tertiary/aromatic N) is 1. The highest BCUT2D eigenvalue weighted by Crippen LogP contribution is 2.50. The number of likely N-dealkylation sites (tertiary alicyclic amines) is 1. The molecule has 0 aromatic heterocycles. The minimum absolute atomic E-state index is 0.132. The van der Waals surface area contributed by atoms with E-state index in [9.17, 15) is 23.6 Å². The minimum atomic E-state index is -1.84. The molecule has 28 heavy (non-hydrogen) atoms. The number of fused-ring (bicyclic) bond motifs is 1. The Bertz CT molecular complexity index is 872. The van der Waals surface area contributed by atoms with E-state index in [0.29, 0.717) is 5.56 Å². The van der Waals surface area contributed by atoms with Crippen molar-refractivity contribution in [3.8, 4) is 0 Å². The second kappa shape index (κ2) is 6.97. The molecule has 0 unspecified atom stereocenters. The highest BCUT2D eigenvalue weighted by Gasteiger charge is 2.69. The molecule has 0 bridgehead atoms. The number of hydrogen-bond donors (Lipinski definition) is 1. The molecular formula is C19H21FN2O6. The van der Waals surface area contributed by atoms with E-state index in [1.807, 2.05) is 0 Å². The topological polar surface area (TPSA) is 102 Å². The van der Waals surface area contributed by atoms with Crippen LogP contribution in [-0.2, 0) is 28.7 Å². The summed E-state index contributed by atoms with van der Waals surface area (Å²) in [6, 6.07) is 3.48. The number of hydrogen-bond acceptors (Lipinski definition) is 7.